The molecule has 1 amide bonds. The molecular formula is C24H29N5O5. The second-order valence-corrected chi connectivity index (χ2v) is 9.80. The zero-order chi connectivity index (χ0) is 24.7. The van der Waals surface area contributed by atoms with E-state index in [1.807, 2.05) is 25.1 Å². The fraction of sp³-hybridized carbons (Fsp3) is 0.458. The number of ketones is 1. The molecule has 2 aromatic rings. The number of aromatic amines is 1. The Hall–Kier alpha value is -3.37. The molecule has 1 heterocycles. The normalized spacial score (nSPS) is 27.3. The molecule has 1 aromatic heterocycles. The molecule has 34 heavy (non-hydrogen) atoms. The number of hydrogen-bond donors (Lipinski definition) is 5. The smallest absolute Gasteiger partial charge is 0.258 e. The van der Waals surface area contributed by atoms with Gasteiger partial charge in [-0.15, -0.1) is 0 Å². The quantitative estimate of drug-likeness (QED) is 0.417. The summed E-state index contributed by atoms with van der Waals surface area (Å²) in [5.41, 5.74) is 1.52. The molecule has 0 aliphatic heterocycles. The molecule has 0 bridgehead atoms. The first kappa shape index (κ1) is 22.4. The molecule has 4 atom stereocenters. The number of likely N-dealkylation sites (N-methyl/N-ethyl adjacent to an activating group) is 2. The molecule has 0 spiro atoms. The number of hydrogen-bond acceptors (Lipinski definition) is 8. The van der Waals surface area contributed by atoms with Crippen molar-refractivity contribution in [3.63, 3.8) is 0 Å². The predicted octanol–water partition coefficient (Wildman–Crippen LogP) is 0.766. The molecule has 0 unspecified atom stereocenters. The minimum absolute atomic E-state index is 0.0817. The van der Waals surface area contributed by atoms with Gasteiger partial charge in [-0.05, 0) is 50.6 Å². The number of nitrogens with zero attached hydrogens (tertiary/aromatic N) is 3. The molecule has 180 valence electrons. The van der Waals surface area contributed by atoms with Crippen LogP contribution in [0.4, 0.5) is 5.69 Å². The number of phenols is 1. The van der Waals surface area contributed by atoms with Crippen LogP contribution < -0.4 is 10.2 Å². The summed E-state index contributed by atoms with van der Waals surface area (Å²) in [7, 11) is 8.68. The van der Waals surface area contributed by atoms with Gasteiger partial charge < -0.3 is 25.5 Å². The summed E-state index contributed by atoms with van der Waals surface area (Å²) >= 11 is 0. The average Bonchev–Trinajstić information content (AvgIpc) is 3.22. The van der Waals surface area contributed by atoms with E-state index in [-0.39, 0.29) is 17.4 Å². The fourth-order valence-corrected chi connectivity index (χ4v) is 6.18. The number of phenolic OH excluding ortho intramolecular Hbond substituents is 1. The molecule has 10 nitrogen and oxygen atoms in total. The van der Waals surface area contributed by atoms with Crippen molar-refractivity contribution in [1.82, 2.24) is 20.4 Å². The summed E-state index contributed by atoms with van der Waals surface area (Å²) in [6, 6.07) is 2.66. The molecule has 0 saturated heterocycles. The molecule has 0 saturated carbocycles. The number of fused-ring (bicyclic) bond motifs is 4. The molecule has 3 aliphatic carbocycles. The number of aromatic hydroxyl groups is 1. The molecule has 1 aromatic carbocycles. The number of H-pyrrole nitrogens is 1. The Labute approximate surface area is 196 Å². The number of rotatable bonds is 3. The Morgan fingerprint density at radius 1 is 1.24 bits per heavy atom. The van der Waals surface area contributed by atoms with Gasteiger partial charge in [0, 0.05) is 43.9 Å². The van der Waals surface area contributed by atoms with Crippen LogP contribution in [0.15, 0.2) is 23.5 Å². The maximum absolute atomic E-state index is 13.4. The van der Waals surface area contributed by atoms with Crippen molar-refractivity contribution >= 4 is 17.4 Å². The van der Waals surface area contributed by atoms with Crippen LogP contribution in [0.25, 0.3) is 11.3 Å². The first-order chi connectivity index (χ1) is 16.0. The third kappa shape index (κ3) is 2.66. The molecule has 5 N–H and O–H groups in total. The lowest BCUT2D eigenvalue weighted by Crippen LogP contribution is -2.60. The first-order valence-electron chi connectivity index (χ1n) is 11.2. The van der Waals surface area contributed by atoms with Crippen LogP contribution in [0.1, 0.15) is 29.2 Å². The zero-order valence-corrected chi connectivity index (χ0v) is 19.8. The predicted molar refractivity (Wildman–Crippen MR) is 125 cm³/mol. The highest BCUT2D eigenvalue weighted by molar-refractivity contribution is 6.22. The van der Waals surface area contributed by atoms with E-state index in [9.17, 15) is 24.9 Å². The van der Waals surface area contributed by atoms with Crippen LogP contribution in [-0.4, -0.2) is 83.4 Å². The molecule has 5 rings (SSSR count). The van der Waals surface area contributed by atoms with Crippen molar-refractivity contribution in [2.45, 2.75) is 30.4 Å². The third-order valence-electron chi connectivity index (χ3n) is 7.61. The second kappa shape index (κ2) is 7.31. The summed E-state index contributed by atoms with van der Waals surface area (Å²) in [5.74, 6) is -2.68. The summed E-state index contributed by atoms with van der Waals surface area (Å²) in [4.78, 5) is 29.6. The Bertz CT molecular complexity index is 1260. The van der Waals surface area contributed by atoms with E-state index in [1.54, 1.807) is 25.1 Å². The summed E-state index contributed by atoms with van der Waals surface area (Å²) in [6.45, 7) is 0. The van der Waals surface area contributed by atoms with Gasteiger partial charge in [0.05, 0.1) is 17.4 Å². The van der Waals surface area contributed by atoms with Crippen LogP contribution in [0.2, 0.25) is 0 Å². The minimum Gasteiger partial charge on any atom is -0.508 e. The van der Waals surface area contributed by atoms with E-state index in [4.69, 9.17) is 0 Å². The van der Waals surface area contributed by atoms with E-state index >= 15 is 0 Å². The molecule has 0 fully saturated rings. The number of anilines is 1. The monoisotopic (exact) mass is 467 g/mol. The van der Waals surface area contributed by atoms with Crippen molar-refractivity contribution in [3.8, 4) is 17.0 Å². The molecular weight excluding hydrogens is 438 g/mol. The summed E-state index contributed by atoms with van der Waals surface area (Å²) in [6.07, 6.45) is 0.960. The van der Waals surface area contributed by atoms with E-state index in [0.717, 1.165) is 11.3 Å². The Morgan fingerprint density at radius 2 is 1.94 bits per heavy atom. The van der Waals surface area contributed by atoms with Gasteiger partial charge in [-0.25, -0.2) is 0 Å². The SMILES string of the molecule is CNC(=O)C1=C(O)[C@@]2(O)c3[nH]nc4c3[C@@H](Cc3c(N(C)C)ccc(O)c3-4)C[C@H]2[C@H](N(C)C)C1=O. The van der Waals surface area contributed by atoms with Crippen LogP contribution >= 0.6 is 0 Å². The maximum atomic E-state index is 13.4. The number of Topliss-reactive ketones (excluding diaryl/α,β-unsaturated/α-hetero) is 1. The van der Waals surface area contributed by atoms with Gasteiger partial charge in [0.15, 0.2) is 11.4 Å². The lowest BCUT2D eigenvalue weighted by molar-refractivity contribution is -0.138. The van der Waals surface area contributed by atoms with Gasteiger partial charge in [0.25, 0.3) is 5.91 Å². The third-order valence-corrected chi connectivity index (χ3v) is 7.61. The molecule has 0 radical (unpaired) electrons. The van der Waals surface area contributed by atoms with Crippen LogP contribution in [-0.2, 0) is 21.6 Å². The highest BCUT2D eigenvalue weighted by Crippen LogP contribution is 2.58. The number of nitrogens with one attached hydrogen (secondary N) is 2. The number of amides is 1. The summed E-state index contributed by atoms with van der Waals surface area (Å²) < 4.78 is 0. The number of carbonyl (C=O) groups is 2. The summed E-state index contributed by atoms with van der Waals surface area (Å²) in [5, 5.41) is 43.8. The largest absolute Gasteiger partial charge is 0.508 e. The van der Waals surface area contributed by atoms with E-state index < -0.39 is 40.6 Å². The van der Waals surface area contributed by atoms with Gasteiger partial charge in [0.1, 0.15) is 17.1 Å². The minimum atomic E-state index is -2.01. The Morgan fingerprint density at radius 3 is 2.56 bits per heavy atom. The second-order valence-electron chi connectivity index (χ2n) is 9.80. The van der Waals surface area contributed by atoms with Gasteiger partial charge in [-0.3, -0.25) is 19.6 Å². The van der Waals surface area contributed by atoms with Crippen molar-refractivity contribution in [2.24, 2.45) is 5.92 Å². The number of carbonyl (C=O) groups excluding carboxylic acids is 2. The molecule has 10 heteroatoms. The van der Waals surface area contributed by atoms with E-state index in [0.29, 0.717) is 29.7 Å². The van der Waals surface area contributed by atoms with Crippen LogP contribution in [0, 0.1) is 5.92 Å². The van der Waals surface area contributed by atoms with E-state index in [1.165, 1.54) is 7.05 Å². The average molecular weight is 468 g/mol. The first-order valence-corrected chi connectivity index (χ1v) is 11.2. The fourth-order valence-electron chi connectivity index (χ4n) is 6.18. The van der Waals surface area contributed by atoms with Gasteiger partial charge in [-0.2, -0.15) is 5.10 Å². The Kier molecular flexibility index (Phi) is 4.82. The standard InChI is InChI=1S/C24H29N5O5/c1-25-23(33)17-20(31)19(29(4)5)12-9-10-8-11-13(28(2)3)6-7-14(30)16(11)18-15(10)21(27-26-18)24(12,34)22(17)32/h6-7,10,12,19,30,32,34H,8-9H2,1-5H3,(H,25,33)(H,26,27)/t10-,12-,19-,24-/m0/s1. The van der Waals surface area contributed by atoms with Gasteiger partial charge >= 0.3 is 0 Å². The van der Waals surface area contributed by atoms with E-state index in [2.05, 4.69) is 15.5 Å². The van der Waals surface area contributed by atoms with Gasteiger partial charge in [0.2, 0.25) is 0 Å². The number of aliphatic hydroxyl groups is 2. The van der Waals surface area contributed by atoms with Crippen molar-refractivity contribution < 1.29 is 24.9 Å². The number of aliphatic hydroxyl groups excluding tert-OH is 1. The van der Waals surface area contributed by atoms with Crippen molar-refractivity contribution in [3.05, 3.63) is 40.3 Å². The lowest BCUT2D eigenvalue weighted by atomic mass is 9.59. The zero-order valence-electron chi connectivity index (χ0n) is 19.8. The molecule has 3 aliphatic rings. The van der Waals surface area contributed by atoms with Crippen molar-refractivity contribution in [1.29, 1.82) is 0 Å². The Balaban J connectivity index is 1.80. The topological polar surface area (TPSA) is 142 Å². The van der Waals surface area contributed by atoms with Crippen molar-refractivity contribution in [2.75, 3.05) is 40.1 Å². The maximum Gasteiger partial charge on any atom is 0.258 e. The number of aromatic nitrogens is 2. The highest BCUT2D eigenvalue weighted by atomic mass is 16.3. The lowest BCUT2D eigenvalue weighted by Gasteiger charge is -2.50. The number of benzene rings is 1. The highest BCUT2D eigenvalue weighted by Gasteiger charge is 2.61. The van der Waals surface area contributed by atoms with Gasteiger partial charge in [-0.1, -0.05) is 0 Å². The van der Waals surface area contributed by atoms with Crippen LogP contribution in [0.5, 0.6) is 5.75 Å². The van der Waals surface area contributed by atoms with Crippen LogP contribution in [0.3, 0.4) is 0 Å².